The first-order valence-corrected chi connectivity index (χ1v) is 9.35. The second-order valence-electron chi connectivity index (χ2n) is 8.06. The molecule has 0 aliphatic carbocycles. The van der Waals surface area contributed by atoms with Gasteiger partial charge < -0.3 is 9.80 Å². The number of hydrogen-bond donors (Lipinski definition) is 2. The smallest absolute Gasteiger partial charge is 0.209 e. The molecule has 1 atom stereocenters. The molecule has 1 aliphatic heterocycles. The molecule has 0 bridgehead atoms. The lowest BCUT2D eigenvalue weighted by molar-refractivity contribution is -1.03. The maximum atomic E-state index is 4.47. The molecule has 2 N–H and O–H groups in total. The van der Waals surface area contributed by atoms with Crippen molar-refractivity contribution in [3.63, 3.8) is 0 Å². The molecule has 2 rings (SSSR count). The van der Waals surface area contributed by atoms with E-state index in [0.29, 0.717) is 12.0 Å². The van der Waals surface area contributed by atoms with Crippen LogP contribution in [0.3, 0.4) is 0 Å². The maximum absolute atomic E-state index is 4.47. The number of tetrazole rings is 1. The quantitative estimate of drug-likeness (QED) is 0.725. The van der Waals surface area contributed by atoms with Gasteiger partial charge in [0.05, 0.1) is 12.1 Å². The van der Waals surface area contributed by atoms with E-state index in [2.05, 4.69) is 61.7 Å². The van der Waals surface area contributed by atoms with Gasteiger partial charge in [-0.3, -0.25) is 0 Å². The average Bonchev–Trinajstić information content (AvgIpc) is 3.03. The van der Waals surface area contributed by atoms with Crippen LogP contribution >= 0.6 is 0 Å². The third kappa shape index (κ3) is 4.29. The summed E-state index contributed by atoms with van der Waals surface area (Å²) in [6.07, 6.45) is 2.18. The fourth-order valence-corrected chi connectivity index (χ4v) is 3.54. The number of rotatable bonds is 7. The van der Waals surface area contributed by atoms with Gasteiger partial charge in [0.15, 0.2) is 6.04 Å². The second-order valence-corrected chi connectivity index (χ2v) is 8.06. The topological polar surface area (TPSA) is 52.5 Å². The molecule has 1 aliphatic rings. The maximum Gasteiger partial charge on any atom is 0.209 e. The molecule has 0 spiro atoms. The van der Waals surface area contributed by atoms with E-state index in [1.807, 2.05) is 0 Å². The molecule has 23 heavy (non-hydrogen) atoms. The highest BCUT2D eigenvalue weighted by atomic mass is 15.6. The van der Waals surface area contributed by atoms with Crippen molar-refractivity contribution in [1.29, 1.82) is 0 Å². The van der Waals surface area contributed by atoms with Crippen LogP contribution in [-0.4, -0.2) is 52.9 Å². The van der Waals surface area contributed by atoms with Crippen LogP contribution in [0.4, 0.5) is 0 Å². The van der Waals surface area contributed by atoms with E-state index >= 15 is 0 Å². The van der Waals surface area contributed by atoms with E-state index in [0.717, 1.165) is 18.7 Å². The molecule has 1 aromatic heterocycles. The SMILES string of the molecule is CC[NH+]1CC[NH+]([C@@H](CC(C)C)c2nnnn2C(C)(C)CC)CC1. The zero-order valence-electron chi connectivity index (χ0n) is 15.9. The zero-order chi connectivity index (χ0) is 17.0. The van der Waals surface area contributed by atoms with Crippen molar-refractivity contribution in [2.24, 2.45) is 5.92 Å². The van der Waals surface area contributed by atoms with E-state index in [-0.39, 0.29) is 5.54 Å². The second kappa shape index (κ2) is 7.71. The molecular weight excluding hydrogens is 288 g/mol. The van der Waals surface area contributed by atoms with E-state index in [4.69, 9.17) is 0 Å². The van der Waals surface area contributed by atoms with Gasteiger partial charge >= 0.3 is 0 Å². The summed E-state index contributed by atoms with van der Waals surface area (Å²) in [4.78, 5) is 3.39. The lowest BCUT2D eigenvalue weighted by Crippen LogP contribution is -3.28. The Bertz CT molecular complexity index is 473. The third-order valence-corrected chi connectivity index (χ3v) is 5.54. The van der Waals surface area contributed by atoms with Crippen molar-refractivity contribution >= 4 is 0 Å². The molecule has 6 nitrogen and oxygen atoms in total. The van der Waals surface area contributed by atoms with Gasteiger partial charge in [0.2, 0.25) is 5.82 Å². The number of likely N-dealkylation sites (N-methyl/N-ethyl adjacent to an activating group) is 1. The average molecular weight is 325 g/mol. The Morgan fingerprint density at radius 1 is 1.13 bits per heavy atom. The summed E-state index contributed by atoms with van der Waals surface area (Å²) >= 11 is 0. The summed E-state index contributed by atoms with van der Waals surface area (Å²) in [6.45, 7) is 19.8. The van der Waals surface area contributed by atoms with Gasteiger partial charge in [-0.05, 0) is 43.5 Å². The lowest BCUT2D eigenvalue weighted by atomic mass is 9.98. The minimum atomic E-state index is -0.0238. The van der Waals surface area contributed by atoms with Crippen molar-refractivity contribution in [1.82, 2.24) is 20.2 Å². The van der Waals surface area contributed by atoms with Crippen molar-refractivity contribution in [2.45, 2.75) is 66.0 Å². The fraction of sp³-hybridized carbons (Fsp3) is 0.941. The Hall–Kier alpha value is -1.01. The molecule has 6 heteroatoms. The number of aromatic nitrogens is 4. The summed E-state index contributed by atoms with van der Waals surface area (Å²) in [5, 5.41) is 12.9. The molecule has 1 saturated heterocycles. The number of nitrogens with zero attached hydrogens (tertiary/aromatic N) is 4. The van der Waals surface area contributed by atoms with Crippen LogP contribution in [0.1, 0.15) is 66.3 Å². The van der Waals surface area contributed by atoms with Gasteiger partial charge in [0.1, 0.15) is 26.2 Å². The van der Waals surface area contributed by atoms with Gasteiger partial charge in [-0.2, -0.15) is 0 Å². The molecule has 1 fully saturated rings. The van der Waals surface area contributed by atoms with E-state index in [9.17, 15) is 0 Å². The molecule has 0 aromatic carbocycles. The van der Waals surface area contributed by atoms with E-state index in [1.54, 1.807) is 9.80 Å². The minimum Gasteiger partial charge on any atom is -0.326 e. The van der Waals surface area contributed by atoms with Crippen molar-refractivity contribution in [3.8, 4) is 0 Å². The molecule has 0 unspecified atom stereocenters. The van der Waals surface area contributed by atoms with Crippen LogP contribution in [0.15, 0.2) is 0 Å². The largest absolute Gasteiger partial charge is 0.326 e. The predicted octanol–water partition coefficient (Wildman–Crippen LogP) is -0.291. The van der Waals surface area contributed by atoms with Gasteiger partial charge in [-0.25, -0.2) is 4.68 Å². The highest BCUT2D eigenvalue weighted by Crippen LogP contribution is 2.24. The van der Waals surface area contributed by atoms with Crippen molar-refractivity contribution in [3.05, 3.63) is 5.82 Å². The van der Waals surface area contributed by atoms with Crippen LogP contribution in [0.2, 0.25) is 0 Å². The van der Waals surface area contributed by atoms with E-state index < -0.39 is 0 Å². The molecule has 0 saturated carbocycles. The lowest BCUT2D eigenvalue weighted by Gasteiger charge is -2.35. The molecule has 0 radical (unpaired) electrons. The van der Waals surface area contributed by atoms with Gasteiger partial charge in [-0.1, -0.05) is 20.8 Å². The minimum absolute atomic E-state index is 0.0238. The summed E-state index contributed by atoms with van der Waals surface area (Å²) in [5.74, 6) is 1.74. The zero-order valence-corrected chi connectivity index (χ0v) is 15.9. The first kappa shape index (κ1) is 18.3. The molecule has 132 valence electrons. The Morgan fingerprint density at radius 3 is 2.30 bits per heavy atom. The van der Waals surface area contributed by atoms with Gasteiger partial charge in [0, 0.05) is 6.42 Å². The number of hydrogen-bond acceptors (Lipinski definition) is 3. The monoisotopic (exact) mass is 324 g/mol. The first-order valence-electron chi connectivity index (χ1n) is 9.35. The predicted molar refractivity (Wildman–Crippen MR) is 91.6 cm³/mol. The van der Waals surface area contributed by atoms with Crippen LogP contribution < -0.4 is 9.80 Å². The third-order valence-electron chi connectivity index (χ3n) is 5.54. The highest BCUT2D eigenvalue weighted by molar-refractivity contribution is 4.93. The summed E-state index contributed by atoms with van der Waals surface area (Å²) < 4.78 is 2.09. The normalized spacial score (nSPS) is 24.1. The summed E-state index contributed by atoms with van der Waals surface area (Å²) in [7, 11) is 0. The molecule has 1 aromatic rings. The number of piperazine rings is 1. The summed E-state index contributed by atoms with van der Waals surface area (Å²) in [5.41, 5.74) is -0.0238. The highest BCUT2D eigenvalue weighted by Gasteiger charge is 2.36. The summed E-state index contributed by atoms with van der Waals surface area (Å²) in [6, 6.07) is 0.411. The Balaban J connectivity index is 2.25. The molecule has 2 heterocycles. The van der Waals surface area contributed by atoms with Crippen molar-refractivity contribution in [2.75, 3.05) is 32.7 Å². The van der Waals surface area contributed by atoms with Crippen LogP contribution in [0.5, 0.6) is 0 Å². The van der Waals surface area contributed by atoms with Crippen LogP contribution in [0, 0.1) is 5.92 Å². The molecule has 0 amide bonds. The Morgan fingerprint density at radius 2 is 1.78 bits per heavy atom. The van der Waals surface area contributed by atoms with Crippen LogP contribution in [-0.2, 0) is 5.54 Å². The van der Waals surface area contributed by atoms with Crippen LogP contribution in [0.25, 0.3) is 0 Å². The van der Waals surface area contributed by atoms with E-state index in [1.165, 1.54) is 32.7 Å². The van der Waals surface area contributed by atoms with Gasteiger partial charge in [-0.15, -0.1) is 5.10 Å². The van der Waals surface area contributed by atoms with Gasteiger partial charge in [0.25, 0.3) is 0 Å². The first-order chi connectivity index (χ1) is 10.9. The fourth-order valence-electron chi connectivity index (χ4n) is 3.54. The number of nitrogens with one attached hydrogen (secondary N) is 2. The Labute approximate surface area is 141 Å². The Kier molecular flexibility index (Phi) is 6.14. The standard InChI is InChI=1S/C17H34N6/c1-7-17(5,6)23-16(18-19-20-23)15(13-14(3)4)22-11-9-21(8-2)10-12-22/h14-15H,7-13H2,1-6H3/p+2/t15-/m0/s1. The molecular formula is C17H36N6+2. The van der Waals surface area contributed by atoms with Crippen molar-refractivity contribution < 1.29 is 9.80 Å². The number of quaternary nitrogens is 2.